The highest BCUT2D eigenvalue weighted by Gasteiger charge is 2.12. The first-order chi connectivity index (χ1) is 12.0. The van der Waals surface area contributed by atoms with E-state index in [1.54, 1.807) is 25.3 Å². The average Bonchev–Trinajstić information content (AvgIpc) is 2.61. The molecule has 3 aromatic rings. The molecule has 0 aliphatic carbocycles. The number of ether oxygens (including phenoxy) is 1. The summed E-state index contributed by atoms with van der Waals surface area (Å²) in [4.78, 5) is 14.7. The zero-order valence-corrected chi connectivity index (χ0v) is 14.4. The van der Waals surface area contributed by atoms with Crippen molar-refractivity contribution < 1.29 is 9.66 Å². The number of nitrogens with zero attached hydrogens (tertiary/aromatic N) is 2. The molecular weight excluding hydrogens is 342 g/mol. The maximum absolute atomic E-state index is 10.8. The number of pyridine rings is 1. The van der Waals surface area contributed by atoms with Gasteiger partial charge in [-0.2, -0.15) is 0 Å². The van der Waals surface area contributed by atoms with Crippen molar-refractivity contribution >= 4 is 33.9 Å². The lowest BCUT2D eigenvalue weighted by molar-refractivity contribution is -0.384. The van der Waals surface area contributed by atoms with E-state index in [-0.39, 0.29) is 11.7 Å². The van der Waals surface area contributed by atoms with Gasteiger partial charge in [-0.1, -0.05) is 23.7 Å². The number of hydrogen-bond donors (Lipinski definition) is 1. The van der Waals surface area contributed by atoms with E-state index in [2.05, 4.69) is 10.3 Å². The van der Waals surface area contributed by atoms with Crippen LogP contribution in [0.4, 0.5) is 11.4 Å². The van der Waals surface area contributed by atoms with Gasteiger partial charge in [-0.3, -0.25) is 10.1 Å². The minimum atomic E-state index is -0.412. The third-order valence-corrected chi connectivity index (χ3v) is 4.15. The monoisotopic (exact) mass is 357 g/mol. The molecule has 0 aliphatic heterocycles. The summed E-state index contributed by atoms with van der Waals surface area (Å²) in [5.74, 6) is 0.725. The Morgan fingerprint density at radius 2 is 1.92 bits per heavy atom. The van der Waals surface area contributed by atoms with E-state index in [4.69, 9.17) is 16.3 Å². The van der Waals surface area contributed by atoms with Crippen LogP contribution in [-0.2, 0) is 0 Å². The summed E-state index contributed by atoms with van der Waals surface area (Å²) in [5, 5.41) is 15.4. The number of anilines is 1. The number of non-ortho nitro benzene ring substituents is 1. The average molecular weight is 358 g/mol. The predicted octanol–water partition coefficient (Wildman–Crippen LogP) is 4.98. The second kappa shape index (κ2) is 6.94. The molecule has 1 aromatic heterocycles. The fourth-order valence-corrected chi connectivity index (χ4v) is 2.82. The molecule has 6 nitrogen and oxygen atoms in total. The van der Waals surface area contributed by atoms with Gasteiger partial charge in [0, 0.05) is 29.2 Å². The molecule has 0 aliphatic rings. The van der Waals surface area contributed by atoms with Gasteiger partial charge in [0.2, 0.25) is 0 Å². The number of methoxy groups -OCH3 is 1. The van der Waals surface area contributed by atoms with Crippen molar-refractivity contribution in [1.29, 1.82) is 0 Å². The van der Waals surface area contributed by atoms with Gasteiger partial charge in [-0.15, -0.1) is 0 Å². The number of benzene rings is 2. The molecule has 0 bridgehead atoms. The Morgan fingerprint density at radius 3 is 2.56 bits per heavy atom. The second-order valence-corrected chi connectivity index (χ2v) is 5.98. The maximum Gasteiger partial charge on any atom is 0.269 e. The summed E-state index contributed by atoms with van der Waals surface area (Å²) < 4.78 is 5.28. The Balaban J connectivity index is 1.94. The number of halogens is 1. The van der Waals surface area contributed by atoms with Crippen molar-refractivity contribution in [2.75, 3.05) is 12.4 Å². The van der Waals surface area contributed by atoms with Crippen LogP contribution in [0, 0.1) is 10.1 Å². The Hall–Kier alpha value is -2.86. The normalized spacial score (nSPS) is 12.0. The van der Waals surface area contributed by atoms with Crippen molar-refractivity contribution in [2.24, 2.45) is 0 Å². The number of nitro groups is 1. The molecule has 25 heavy (non-hydrogen) atoms. The smallest absolute Gasteiger partial charge is 0.269 e. The van der Waals surface area contributed by atoms with Crippen LogP contribution in [0.2, 0.25) is 5.15 Å². The molecule has 128 valence electrons. The van der Waals surface area contributed by atoms with Gasteiger partial charge in [0.25, 0.3) is 5.69 Å². The highest BCUT2D eigenvalue weighted by molar-refractivity contribution is 6.30. The van der Waals surface area contributed by atoms with Crippen molar-refractivity contribution in [3.63, 3.8) is 0 Å². The predicted molar refractivity (Wildman–Crippen MR) is 98.4 cm³/mol. The van der Waals surface area contributed by atoms with E-state index in [0.717, 1.165) is 27.9 Å². The van der Waals surface area contributed by atoms with Gasteiger partial charge < -0.3 is 10.1 Å². The first kappa shape index (κ1) is 17.0. The quantitative estimate of drug-likeness (QED) is 0.396. The molecule has 0 spiro atoms. The molecule has 1 N–H and O–H groups in total. The molecule has 1 heterocycles. The molecule has 0 fully saturated rings. The van der Waals surface area contributed by atoms with Gasteiger partial charge in [0.05, 0.1) is 17.5 Å². The Bertz CT molecular complexity index is 929. The lowest BCUT2D eigenvalue weighted by Gasteiger charge is -2.18. The van der Waals surface area contributed by atoms with Gasteiger partial charge in [0.15, 0.2) is 0 Å². The summed E-state index contributed by atoms with van der Waals surface area (Å²) in [6, 6.07) is 13.7. The fourth-order valence-electron chi connectivity index (χ4n) is 2.62. The molecule has 7 heteroatoms. The first-order valence-corrected chi connectivity index (χ1v) is 8.01. The number of hydrogen-bond acceptors (Lipinski definition) is 5. The summed E-state index contributed by atoms with van der Waals surface area (Å²) in [6.07, 6.45) is 0. The molecule has 0 saturated carbocycles. The van der Waals surface area contributed by atoms with Crippen LogP contribution in [0.1, 0.15) is 18.5 Å². The summed E-state index contributed by atoms with van der Waals surface area (Å²) >= 11 is 6.13. The largest absolute Gasteiger partial charge is 0.497 e. The number of rotatable bonds is 5. The summed E-state index contributed by atoms with van der Waals surface area (Å²) in [5.41, 5.74) is 2.57. The van der Waals surface area contributed by atoms with Crippen molar-refractivity contribution in [1.82, 2.24) is 4.98 Å². The van der Waals surface area contributed by atoms with Crippen LogP contribution >= 0.6 is 11.6 Å². The standard InChI is InChI=1S/C18H16ClN3O3/c1-11(12-3-5-13(6-4-12)22(23)24)20-17-10-18(19)21-16-8-7-14(25-2)9-15(16)17/h3-11H,1-2H3,(H,20,21). The van der Waals surface area contributed by atoms with E-state index in [9.17, 15) is 10.1 Å². The zero-order valence-electron chi connectivity index (χ0n) is 13.7. The molecule has 2 aromatic carbocycles. The minimum Gasteiger partial charge on any atom is -0.497 e. The van der Waals surface area contributed by atoms with Crippen molar-refractivity contribution in [2.45, 2.75) is 13.0 Å². The van der Waals surface area contributed by atoms with E-state index < -0.39 is 4.92 Å². The summed E-state index contributed by atoms with van der Waals surface area (Å²) in [7, 11) is 1.61. The van der Waals surface area contributed by atoms with E-state index in [0.29, 0.717) is 5.15 Å². The van der Waals surface area contributed by atoms with Crippen molar-refractivity contribution in [3.05, 3.63) is 69.4 Å². The Morgan fingerprint density at radius 1 is 1.20 bits per heavy atom. The molecule has 1 unspecified atom stereocenters. The topological polar surface area (TPSA) is 77.3 Å². The van der Waals surface area contributed by atoms with Gasteiger partial charge in [-0.25, -0.2) is 4.98 Å². The van der Waals surface area contributed by atoms with Crippen molar-refractivity contribution in [3.8, 4) is 5.75 Å². The van der Waals surface area contributed by atoms with Crippen LogP contribution < -0.4 is 10.1 Å². The lowest BCUT2D eigenvalue weighted by atomic mass is 10.1. The highest BCUT2D eigenvalue weighted by Crippen LogP contribution is 2.31. The molecule has 0 radical (unpaired) electrons. The molecule has 1 atom stereocenters. The van der Waals surface area contributed by atoms with Gasteiger partial charge >= 0.3 is 0 Å². The number of fused-ring (bicyclic) bond motifs is 1. The molecular formula is C18H16ClN3O3. The van der Waals surface area contributed by atoms with Crippen LogP contribution in [0.5, 0.6) is 5.75 Å². The zero-order chi connectivity index (χ0) is 18.0. The number of nitrogens with one attached hydrogen (secondary N) is 1. The Labute approximate surface area is 149 Å². The summed E-state index contributed by atoms with van der Waals surface area (Å²) in [6.45, 7) is 1.97. The first-order valence-electron chi connectivity index (χ1n) is 7.63. The molecule has 3 rings (SSSR count). The maximum atomic E-state index is 10.8. The minimum absolute atomic E-state index is 0.0677. The highest BCUT2D eigenvalue weighted by atomic mass is 35.5. The van der Waals surface area contributed by atoms with Crippen LogP contribution in [0.15, 0.2) is 48.5 Å². The van der Waals surface area contributed by atoms with Crippen LogP contribution in [0.25, 0.3) is 10.9 Å². The van der Waals surface area contributed by atoms with Crippen LogP contribution in [0.3, 0.4) is 0 Å². The second-order valence-electron chi connectivity index (χ2n) is 5.59. The third-order valence-electron chi connectivity index (χ3n) is 3.96. The Kier molecular flexibility index (Phi) is 4.72. The van der Waals surface area contributed by atoms with E-state index in [1.807, 2.05) is 25.1 Å². The van der Waals surface area contributed by atoms with E-state index in [1.165, 1.54) is 12.1 Å². The molecule has 0 amide bonds. The van der Waals surface area contributed by atoms with Gasteiger partial charge in [0.1, 0.15) is 10.9 Å². The third kappa shape index (κ3) is 3.64. The fraction of sp³-hybridized carbons (Fsp3) is 0.167. The van der Waals surface area contributed by atoms with Crippen LogP contribution in [-0.4, -0.2) is 17.0 Å². The number of aromatic nitrogens is 1. The molecule has 0 saturated heterocycles. The lowest BCUT2D eigenvalue weighted by Crippen LogP contribution is -2.07. The number of nitro benzene ring substituents is 1. The van der Waals surface area contributed by atoms with Gasteiger partial charge in [-0.05, 0) is 36.8 Å². The SMILES string of the molecule is COc1ccc2nc(Cl)cc(NC(C)c3ccc([N+](=O)[O-])cc3)c2c1. The van der Waals surface area contributed by atoms with E-state index >= 15 is 0 Å².